The van der Waals surface area contributed by atoms with Crippen molar-refractivity contribution in [3.05, 3.63) is 36.4 Å². The van der Waals surface area contributed by atoms with Gasteiger partial charge in [0.05, 0.1) is 4.90 Å². The summed E-state index contributed by atoms with van der Waals surface area (Å²) in [6.07, 6.45) is 0. The highest BCUT2D eigenvalue weighted by molar-refractivity contribution is 7.89. The molecule has 0 amide bonds. The zero-order valence-electron chi connectivity index (χ0n) is 7.67. The Kier molecular flexibility index (Phi) is 2.13. The first-order valence-corrected chi connectivity index (χ1v) is 5.76. The van der Waals surface area contributed by atoms with Crippen LogP contribution in [0.25, 0.3) is 10.8 Å². The molecule has 0 aromatic heterocycles. The van der Waals surface area contributed by atoms with Crippen LogP contribution in [0.4, 0.5) is 0 Å². The highest BCUT2D eigenvalue weighted by atomic mass is 32.2. The topological polar surface area (TPSA) is 80.1 Å². The first-order chi connectivity index (χ1) is 7.00. The van der Waals surface area contributed by atoms with Crippen LogP contribution < -0.4 is 5.14 Å². The summed E-state index contributed by atoms with van der Waals surface area (Å²) in [5.41, 5.74) is 0. The van der Waals surface area contributed by atoms with E-state index in [1.165, 1.54) is 24.3 Å². The minimum atomic E-state index is -3.79. The molecule has 0 bridgehead atoms. The molecule has 0 aliphatic heterocycles. The van der Waals surface area contributed by atoms with Crippen LogP contribution in [0.2, 0.25) is 0 Å². The second-order valence-corrected chi connectivity index (χ2v) is 4.68. The molecule has 0 fully saturated rings. The van der Waals surface area contributed by atoms with Crippen molar-refractivity contribution in [2.75, 3.05) is 0 Å². The van der Waals surface area contributed by atoms with Gasteiger partial charge in [-0.15, -0.1) is 0 Å². The molecular weight excluding hydrogens is 214 g/mol. The van der Waals surface area contributed by atoms with Crippen LogP contribution in [0.3, 0.4) is 0 Å². The Morgan fingerprint density at radius 2 is 1.53 bits per heavy atom. The molecule has 0 heterocycles. The monoisotopic (exact) mass is 222 g/mol. The van der Waals surface area contributed by atoms with Gasteiger partial charge in [0.25, 0.3) is 0 Å². The van der Waals surface area contributed by atoms with Gasteiger partial charge in [-0.05, 0) is 12.1 Å². The molecule has 5 heteroatoms. The van der Waals surface area contributed by atoms with E-state index in [9.17, 15) is 13.5 Å². The van der Waals surface area contributed by atoms with Gasteiger partial charge in [0.2, 0.25) is 10.0 Å². The Morgan fingerprint density at radius 1 is 0.933 bits per heavy atom. The summed E-state index contributed by atoms with van der Waals surface area (Å²) < 4.78 is 22.5. The Morgan fingerprint density at radius 3 is 2.20 bits per heavy atom. The Balaban J connectivity index is 2.96. The van der Waals surface area contributed by atoms with E-state index < -0.39 is 10.0 Å². The summed E-state index contributed by atoms with van der Waals surface area (Å²) in [6.45, 7) is 0. The molecule has 0 saturated heterocycles. The number of rotatable bonds is 1. The van der Waals surface area contributed by atoms with Crippen molar-refractivity contribution >= 4 is 20.8 Å². The average Bonchev–Trinajstić information content (AvgIpc) is 2.16. The zero-order valence-corrected chi connectivity index (χ0v) is 8.49. The molecule has 2 N–H and O–H groups in total. The lowest BCUT2D eigenvalue weighted by Crippen LogP contribution is -2.12. The lowest BCUT2D eigenvalue weighted by atomic mass is 10.1. The molecule has 0 saturated carbocycles. The van der Waals surface area contributed by atoms with E-state index in [2.05, 4.69) is 0 Å². The fraction of sp³-hybridized carbons (Fsp3) is 0. The molecular formula is C10H8NO3S. The highest BCUT2D eigenvalue weighted by Gasteiger charge is 2.13. The summed E-state index contributed by atoms with van der Waals surface area (Å²) in [5.74, 6) is -0.210. The third-order valence-corrected chi connectivity index (χ3v) is 3.12. The van der Waals surface area contributed by atoms with E-state index in [1.807, 2.05) is 0 Å². The molecule has 0 unspecified atom stereocenters. The number of fused-ring (bicyclic) bond motifs is 1. The van der Waals surface area contributed by atoms with Crippen LogP contribution in [0, 0.1) is 0 Å². The number of benzene rings is 2. The van der Waals surface area contributed by atoms with E-state index in [0.29, 0.717) is 10.8 Å². The fourth-order valence-electron chi connectivity index (χ4n) is 1.50. The lowest BCUT2D eigenvalue weighted by molar-refractivity contribution is 0.360. The van der Waals surface area contributed by atoms with E-state index in [0.717, 1.165) is 0 Å². The van der Waals surface area contributed by atoms with Gasteiger partial charge in [-0.25, -0.2) is 13.6 Å². The van der Waals surface area contributed by atoms with Crippen LogP contribution in [-0.4, -0.2) is 8.42 Å². The standard InChI is InChI=1S/C10H8NO3S/c11-15(13,14)10-6-2-3-7-8(10)4-1-5-9(7)12/h1-6H,(H2,11,13,14). The molecule has 0 spiro atoms. The highest BCUT2D eigenvalue weighted by Crippen LogP contribution is 2.28. The molecule has 4 nitrogen and oxygen atoms in total. The van der Waals surface area contributed by atoms with Crippen LogP contribution >= 0.6 is 0 Å². The fourth-order valence-corrected chi connectivity index (χ4v) is 2.25. The summed E-state index contributed by atoms with van der Waals surface area (Å²) in [6, 6.07) is 8.93. The van der Waals surface area contributed by atoms with Crippen molar-refractivity contribution in [1.29, 1.82) is 0 Å². The molecule has 2 aromatic rings. The predicted molar refractivity (Wildman–Crippen MR) is 55.5 cm³/mol. The van der Waals surface area contributed by atoms with Crippen molar-refractivity contribution in [1.82, 2.24) is 0 Å². The van der Waals surface area contributed by atoms with Crippen LogP contribution in [0.1, 0.15) is 0 Å². The van der Waals surface area contributed by atoms with Gasteiger partial charge in [-0.1, -0.05) is 24.3 Å². The minimum absolute atomic E-state index is 0.0160. The van der Waals surface area contributed by atoms with Crippen molar-refractivity contribution < 1.29 is 13.5 Å². The summed E-state index contributed by atoms with van der Waals surface area (Å²) in [7, 11) is -3.79. The third kappa shape index (κ3) is 1.67. The van der Waals surface area contributed by atoms with Gasteiger partial charge in [0, 0.05) is 10.8 Å². The van der Waals surface area contributed by atoms with Crippen molar-refractivity contribution in [3.8, 4) is 5.75 Å². The maximum atomic E-state index is 11.4. The van der Waals surface area contributed by atoms with E-state index in [-0.39, 0.29) is 10.6 Å². The van der Waals surface area contributed by atoms with Gasteiger partial charge >= 0.3 is 0 Å². The molecule has 77 valence electrons. The molecule has 2 rings (SSSR count). The third-order valence-electron chi connectivity index (χ3n) is 2.15. The van der Waals surface area contributed by atoms with Crippen LogP contribution in [0.15, 0.2) is 41.3 Å². The first-order valence-electron chi connectivity index (χ1n) is 4.22. The van der Waals surface area contributed by atoms with Crippen molar-refractivity contribution in [3.63, 3.8) is 0 Å². The summed E-state index contributed by atoms with van der Waals surface area (Å²) in [5, 5.41) is 17.2. The largest absolute Gasteiger partial charge is 0.289 e. The average molecular weight is 222 g/mol. The number of sulfonamides is 1. The lowest BCUT2D eigenvalue weighted by Gasteiger charge is -2.03. The Hall–Kier alpha value is -1.59. The minimum Gasteiger partial charge on any atom is -0.289 e. The normalized spacial score (nSPS) is 11.8. The van der Waals surface area contributed by atoms with Crippen LogP contribution in [0.5, 0.6) is 5.75 Å². The number of nitrogens with two attached hydrogens (primary N) is 1. The quantitative estimate of drug-likeness (QED) is 0.795. The van der Waals surface area contributed by atoms with Crippen LogP contribution in [-0.2, 0) is 15.1 Å². The van der Waals surface area contributed by atoms with Gasteiger partial charge in [-0.3, -0.25) is 5.11 Å². The second-order valence-electron chi connectivity index (χ2n) is 3.15. The Labute approximate surface area is 87.0 Å². The Bertz CT molecular complexity index is 620. The van der Waals surface area contributed by atoms with Gasteiger partial charge in [0.1, 0.15) is 0 Å². The number of primary sulfonamides is 1. The zero-order chi connectivity index (χ0) is 11.1. The SMILES string of the molecule is NS(=O)(=O)c1cccc2c([O])cccc12. The summed E-state index contributed by atoms with van der Waals surface area (Å²) in [4.78, 5) is -0.0160. The first kappa shape index (κ1) is 9.95. The molecule has 0 atom stereocenters. The van der Waals surface area contributed by atoms with E-state index in [4.69, 9.17) is 5.14 Å². The maximum absolute atomic E-state index is 11.4. The molecule has 1 radical (unpaired) electrons. The molecule has 0 aliphatic carbocycles. The molecule has 0 aliphatic rings. The van der Waals surface area contributed by atoms with Gasteiger partial charge in [-0.2, -0.15) is 0 Å². The van der Waals surface area contributed by atoms with Gasteiger partial charge < -0.3 is 0 Å². The number of hydrogen-bond donors (Lipinski definition) is 1. The molecule has 2 aromatic carbocycles. The predicted octanol–water partition coefficient (Wildman–Crippen LogP) is 1.63. The molecule has 15 heavy (non-hydrogen) atoms. The van der Waals surface area contributed by atoms with E-state index >= 15 is 0 Å². The second kappa shape index (κ2) is 3.22. The van der Waals surface area contributed by atoms with Crippen molar-refractivity contribution in [2.24, 2.45) is 5.14 Å². The smallest absolute Gasteiger partial charge is 0.238 e. The number of hydrogen-bond acceptors (Lipinski definition) is 2. The van der Waals surface area contributed by atoms with E-state index in [1.54, 1.807) is 12.1 Å². The maximum Gasteiger partial charge on any atom is 0.238 e. The van der Waals surface area contributed by atoms with Gasteiger partial charge in [0.15, 0.2) is 5.75 Å². The van der Waals surface area contributed by atoms with Crippen molar-refractivity contribution in [2.45, 2.75) is 4.90 Å². The summed E-state index contributed by atoms with van der Waals surface area (Å²) >= 11 is 0.